The maximum Gasteiger partial charge on any atom is 0.277 e. The lowest BCUT2D eigenvalue weighted by molar-refractivity contribution is -0.130. The van der Waals surface area contributed by atoms with Gasteiger partial charge in [-0.1, -0.05) is 42.4 Å². The minimum atomic E-state index is 0.124. The monoisotopic (exact) mass is 351 g/mol. The number of hydrogen-bond donors (Lipinski definition) is 0. The Morgan fingerprint density at radius 2 is 2.26 bits per heavy atom. The van der Waals surface area contributed by atoms with Crippen molar-refractivity contribution in [2.75, 3.05) is 18.8 Å². The molecule has 0 bridgehead atoms. The van der Waals surface area contributed by atoms with Crippen LogP contribution in [0.1, 0.15) is 19.8 Å². The van der Waals surface area contributed by atoms with Gasteiger partial charge in [-0.3, -0.25) is 4.79 Å². The second kappa shape index (κ2) is 7.36. The van der Waals surface area contributed by atoms with E-state index in [2.05, 4.69) is 17.1 Å². The van der Waals surface area contributed by atoms with Crippen LogP contribution in [0.4, 0.5) is 0 Å². The molecule has 1 atom stereocenters. The lowest BCUT2D eigenvalue weighted by Crippen LogP contribution is -2.40. The third kappa shape index (κ3) is 4.06. The van der Waals surface area contributed by atoms with Crippen LogP contribution in [-0.4, -0.2) is 39.8 Å². The molecule has 7 heteroatoms. The van der Waals surface area contributed by atoms with E-state index in [9.17, 15) is 4.79 Å². The molecule has 0 aliphatic carbocycles. The van der Waals surface area contributed by atoms with Crippen LogP contribution in [0.15, 0.2) is 33.9 Å². The highest BCUT2D eigenvalue weighted by atomic mass is 35.5. The number of halogens is 1. The number of carbonyl (C=O) groups is 1. The molecule has 2 aromatic rings. The summed E-state index contributed by atoms with van der Waals surface area (Å²) in [7, 11) is 0. The standard InChI is InChI=1S/C16H18ClN3O2S/c1-11-5-4-8-20(9-11)14(21)10-23-16-19-18-15(22-16)12-6-2-3-7-13(12)17/h2-3,6-7,11H,4-5,8-10H2,1H3. The Bertz CT molecular complexity index is 691. The predicted molar refractivity (Wildman–Crippen MR) is 90.4 cm³/mol. The summed E-state index contributed by atoms with van der Waals surface area (Å²) < 4.78 is 5.59. The SMILES string of the molecule is CC1CCCN(C(=O)CSc2nnc(-c3ccccc3Cl)o2)C1. The van der Waals surface area contributed by atoms with Gasteiger partial charge in [0.15, 0.2) is 0 Å². The average Bonchev–Trinajstić information content (AvgIpc) is 3.02. The summed E-state index contributed by atoms with van der Waals surface area (Å²) >= 11 is 7.39. The van der Waals surface area contributed by atoms with Gasteiger partial charge in [0, 0.05) is 13.1 Å². The lowest BCUT2D eigenvalue weighted by Gasteiger charge is -2.30. The molecule has 1 aliphatic heterocycles. The fraction of sp³-hybridized carbons (Fsp3) is 0.438. The molecule has 1 aromatic heterocycles. The molecule has 0 radical (unpaired) electrons. The number of hydrogen-bond acceptors (Lipinski definition) is 5. The molecule has 0 spiro atoms. The van der Waals surface area contributed by atoms with E-state index in [0.717, 1.165) is 19.5 Å². The number of carbonyl (C=O) groups excluding carboxylic acids is 1. The third-order valence-corrected chi connectivity index (χ3v) is 4.97. The molecule has 0 saturated carbocycles. The lowest BCUT2D eigenvalue weighted by atomic mass is 10.0. The number of nitrogens with zero attached hydrogens (tertiary/aromatic N) is 3. The summed E-state index contributed by atoms with van der Waals surface area (Å²) in [5, 5.41) is 8.93. The van der Waals surface area contributed by atoms with E-state index in [1.165, 1.54) is 18.2 Å². The number of amides is 1. The quantitative estimate of drug-likeness (QED) is 0.785. The summed E-state index contributed by atoms with van der Waals surface area (Å²) in [6, 6.07) is 7.30. The van der Waals surface area contributed by atoms with Gasteiger partial charge in [-0.05, 0) is 30.9 Å². The molecule has 5 nitrogen and oxygen atoms in total. The van der Waals surface area contributed by atoms with Crippen molar-refractivity contribution in [2.24, 2.45) is 5.92 Å². The highest BCUT2D eigenvalue weighted by Crippen LogP contribution is 2.28. The van der Waals surface area contributed by atoms with Crippen molar-refractivity contribution in [1.82, 2.24) is 15.1 Å². The normalized spacial score (nSPS) is 18.2. The highest BCUT2D eigenvalue weighted by molar-refractivity contribution is 7.99. The molecule has 1 aliphatic rings. The van der Waals surface area contributed by atoms with Crippen molar-refractivity contribution in [3.8, 4) is 11.5 Å². The first-order valence-corrected chi connectivity index (χ1v) is 8.99. The Kier molecular flexibility index (Phi) is 5.23. The van der Waals surface area contributed by atoms with E-state index >= 15 is 0 Å². The van der Waals surface area contributed by atoms with Crippen molar-refractivity contribution >= 4 is 29.3 Å². The van der Waals surface area contributed by atoms with Crippen LogP contribution >= 0.6 is 23.4 Å². The van der Waals surface area contributed by atoms with E-state index in [0.29, 0.717) is 33.4 Å². The topological polar surface area (TPSA) is 59.2 Å². The van der Waals surface area contributed by atoms with Crippen LogP contribution < -0.4 is 0 Å². The number of likely N-dealkylation sites (tertiary alicyclic amines) is 1. The van der Waals surface area contributed by atoms with E-state index < -0.39 is 0 Å². The van der Waals surface area contributed by atoms with Gasteiger partial charge in [-0.25, -0.2) is 0 Å². The minimum absolute atomic E-state index is 0.124. The van der Waals surface area contributed by atoms with Crippen molar-refractivity contribution in [3.05, 3.63) is 29.3 Å². The maximum atomic E-state index is 12.2. The van der Waals surface area contributed by atoms with E-state index in [1.807, 2.05) is 23.1 Å². The van der Waals surface area contributed by atoms with Gasteiger partial charge in [0.05, 0.1) is 16.3 Å². The Balaban J connectivity index is 1.59. The number of rotatable bonds is 4. The summed E-state index contributed by atoms with van der Waals surface area (Å²) in [6.45, 7) is 3.87. The van der Waals surface area contributed by atoms with Crippen LogP contribution in [-0.2, 0) is 4.79 Å². The van der Waals surface area contributed by atoms with Gasteiger partial charge in [0.2, 0.25) is 11.8 Å². The zero-order valence-corrected chi connectivity index (χ0v) is 14.4. The molecule has 0 N–H and O–H groups in total. The first-order valence-electron chi connectivity index (χ1n) is 7.62. The molecule has 1 aromatic carbocycles. The summed E-state index contributed by atoms with van der Waals surface area (Å²) in [4.78, 5) is 14.2. The van der Waals surface area contributed by atoms with Gasteiger partial charge >= 0.3 is 0 Å². The van der Waals surface area contributed by atoms with Gasteiger partial charge in [-0.2, -0.15) is 0 Å². The second-order valence-electron chi connectivity index (χ2n) is 5.73. The van der Waals surface area contributed by atoms with Crippen LogP contribution in [0.25, 0.3) is 11.5 Å². The van der Waals surface area contributed by atoms with Crippen LogP contribution in [0.2, 0.25) is 5.02 Å². The Labute approximate surface area is 144 Å². The van der Waals surface area contributed by atoms with E-state index in [1.54, 1.807) is 6.07 Å². The molecule has 1 amide bonds. The summed E-state index contributed by atoms with van der Waals surface area (Å²) in [5.74, 6) is 1.39. The number of thioether (sulfide) groups is 1. The molecule has 3 rings (SSSR count). The fourth-order valence-electron chi connectivity index (χ4n) is 2.64. The first-order chi connectivity index (χ1) is 11.1. The average molecular weight is 352 g/mol. The molecule has 23 heavy (non-hydrogen) atoms. The van der Waals surface area contributed by atoms with Crippen molar-refractivity contribution in [1.29, 1.82) is 0 Å². The maximum absolute atomic E-state index is 12.2. The van der Waals surface area contributed by atoms with Gasteiger partial charge in [0.1, 0.15) is 0 Å². The summed E-state index contributed by atoms with van der Waals surface area (Å²) in [5.41, 5.74) is 0.699. The van der Waals surface area contributed by atoms with Crippen LogP contribution in [0.3, 0.4) is 0 Å². The van der Waals surface area contributed by atoms with Crippen molar-refractivity contribution in [2.45, 2.75) is 25.0 Å². The number of benzene rings is 1. The highest BCUT2D eigenvalue weighted by Gasteiger charge is 2.21. The molecule has 1 saturated heterocycles. The van der Waals surface area contributed by atoms with Gasteiger partial charge < -0.3 is 9.32 Å². The Morgan fingerprint density at radius 3 is 3.04 bits per heavy atom. The molecular weight excluding hydrogens is 334 g/mol. The smallest absolute Gasteiger partial charge is 0.277 e. The Hall–Kier alpha value is -1.53. The molecule has 1 fully saturated rings. The first kappa shape index (κ1) is 16.3. The van der Waals surface area contributed by atoms with Crippen molar-refractivity contribution in [3.63, 3.8) is 0 Å². The van der Waals surface area contributed by atoms with Crippen LogP contribution in [0.5, 0.6) is 0 Å². The minimum Gasteiger partial charge on any atom is -0.411 e. The van der Waals surface area contributed by atoms with Gasteiger partial charge in [-0.15, -0.1) is 10.2 Å². The zero-order chi connectivity index (χ0) is 16.2. The second-order valence-corrected chi connectivity index (χ2v) is 7.06. The number of aromatic nitrogens is 2. The fourth-order valence-corrected chi connectivity index (χ4v) is 3.52. The predicted octanol–water partition coefficient (Wildman–Crippen LogP) is 3.74. The van der Waals surface area contributed by atoms with Crippen LogP contribution in [0, 0.1) is 5.92 Å². The third-order valence-electron chi connectivity index (χ3n) is 3.84. The zero-order valence-electron chi connectivity index (χ0n) is 12.9. The largest absolute Gasteiger partial charge is 0.411 e. The van der Waals surface area contributed by atoms with E-state index in [4.69, 9.17) is 16.0 Å². The Morgan fingerprint density at radius 1 is 1.43 bits per heavy atom. The van der Waals surface area contributed by atoms with Gasteiger partial charge in [0.25, 0.3) is 5.22 Å². The van der Waals surface area contributed by atoms with Crippen molar-refractivity contribution < 1.29 is 9.21 Å². The number of piperidine rings is 1. The molecule has 2 heterocycles. The summed E-state index contributed by atoms with van der Waals surface area (Å²) in [6.07, 6.45) is 2.27. The molecular formula is C16H18ClN3O2S. The van der Waals surface area contributed by atoms with E-state index in [-0.39, 0.29) is 5.91 Å². The molecule has 122 valence electrons. The molecule has 1 unspecified atom stereocenters.